The Morgan fingerprint density at radius 1 is 0.750 bits per heavy atom. The van der Waals surface area contributed by atoms with E-state index in [-0.39, 0.29) is 37.9 Å². The van der Waals surface area contributed by atoms with E-state index in [9.17, 15) is 14.4 Å². The zero-order valence-corrected chi connectivity index (χ0v) is 24.0. The number of hydrogen-bond acceptors (Lipinski definition) is 5. The van der Waals surface area contributed by atoms with Crippen molar-refractivity contribution in [3.05, 3.63) is 12.2 Å². The first-order valence-electron chi connectivity index (χ1n) is 11.5. The summed E-state index contributed by atoms with van der Waals surface area (Å²) in [6.07, 6.45) is 1.01. The molecule has 1 aliphatic carbocycles. The maximum Gasteiger partial charge on any atom is 0.243 e. The van der Waals surface area contributed by atoms with Crippen LogP contribution in [0.15, 0.2) is 12.2 Å². The van der Waals surface area contributed by atoms with Crippen LogP contribution in [0.2, 0.25) is 0 Å². The third kappa shape index (κ3) is 8.23. The molecule has 0 radical (unpaired) electrons. The summed E-state index contributed by atoms with van der Waals surface area (Å²) in [5.74, 6) is 0.350. The molecule has 32 heavy (non-hydrogen) atoms. The van der Waals surface area contributed by atoms with Crippen LogP contribution in [0.1, 0.15) is 95.9 Å². The minimum atomic E-state index is -0.401. The van der Waals surface area contributed by atoms with Gasteiger partial charge in [0.25, 0.3) is 0 Å². The van der Waals surface area contributed by atoms with Gasteiger partial charge < -0.3 is 0 Å². The highest BCUT2D eigenvalue weighted by atomic mass is 32.2. The second kappa shape index (κ2) is 9.85. The molecule has 0 aromatic rings. The molecule has 0 aromatic heterocycles. The largest absolute Gasteiger partial charge is 0.299 e. The van der Waals surface area contributed by atoms with Gasteiger partial charge in [0.15, 0.2) is 0 Å². The first-order chi connectivity index (χ1) is 14.0. The van der Waals surface area contributed by atoms with Gasteiger partial charge >= 0.3 is 0 Å². The van der Waals surface area contributed by atoms with E-state index in [1.807, 2.05) is 32.5 Å². The van der Waals surface area contributed by atoms with Gasteiger partial charge in [0.05, 0.1) is 5.25 Å². The molecule has 0 aromatic carbocycles. The normalized spacial score (nSPS) is 25.4. The summed E-state index contributed by atoms with van der Waals surface area (Å²) in [6, 6.07) is 0. The van der Waals surface area contributed by atoms with Gasteiger partial charge in [-0.15, -0.1) is 23.5 Å². The minimum absolute atomic E-state index is 0.00843. The van der Waals surface area contributed by atoms with Gasteiger partial charge in [0, 0.05) is 39.0 Å². The zero-order valence-electron chi connectivity index (χ0n) is 22.3. The third-order valence-corrected chi connectivity index (χ3v) is 7.95. The smallest absolute Gasteiger partial charge is 0.243 e. The van der Waals surface area contributed by atoms with Crippen molar-refractivity contribution in [1.29, 1.82) is 0 Å². The first-order valence-corrected chi connectivity index (χ1v) is 13.2. The van der Waals surface area contributed by atoms with Crippen LogP contribution in [-0.4, -0.2) is 48.0 Å². The van der Waals surface area contributed by atoms with Crippen molar-refractivity contribution < 1.29 is 14.4 Å². The second-order valence-electron chi connectivity index (χ2n) is 12.9. The number of thioether (sulfide) groups is 2. The van der Waals surface area contributed by atoms with Crippen LogP contribution in [0.5, 0.6) is 0 Å². The van der Waals surface area contributed by atoms with E-state index in [1.54, 1.807) is 11.8 Å². The Bertz CT molecular complexity index is 681. The quantitative estimate of drug-likeness (QED) is 0.330. The summed E-state index contributed by atoms with van der Waals surface area (Å²) in [4.78, 5) is 37.4. The highest BCUT2D eigenvalue weighted by Gasteiger charge is 2.46. The number of imide groups is 1. The van der Waals surface area contributed by atoms with E-state index < -0.39 is 5.54 Å². The fourth-order valence-electron chi connectivity index (χ4n) is 4.24. The Hall–Kier alpha value is -0.750. The highest BCUT2D eigenvalue weighted by Crippen LogP contribution is 2.47. The Morgan fingerprint density at radius 3 is 1.50 bits per heavy atom. The molecule has 2 amide bonds. The van der Waals surface area contributed by atoms with E-state index in [1.165, 1.54) is 4.90 Å². The summed E-state index contributed by atoms with van der Waals surface area (Å²) >= 11 is 3.46. The average molecular weight is 484 g/mol. The van der Waals surface area contributed by atoms with Crippen molar-refractivity contribution in [2.24, 2.45) is 11.3 Å². The standard InChI is InChI=1S/C14H24OS.C12H21NO2S/c1-9-11(16-14(5,6)7)8-10(15)12(9)13(2,3)4;1-11(2,3)13-9(14)7-8(10(13)15)16-12(4,5)6/h11-12H,1,8H2,2-7H3;8H,7H2,1-6H3. The zero-order chi connectivity index (χ0) is 25.4. The Kier molecular flexibility index (Phi) is 9.02. The van der Waals surface area contributed by atoms with Crippen LogP contribution in [0, 0.1) is 11.3 Å². The SMILES string of the molecule is C=C1C(SC(C)(C)C)CC(=O)C1C(C)(C)C.CC(C)(C)SC1CC(=O)N(C(C)(C)C)C1=O. The number of carbonyl (C=O) groups is 3. The fourth-order valence-corrected chi connectivity index (χ4v) is 6.91. The van der Waals surface area contributed by atoms with E-state index in [2.05, 4.69) is 68.9 Å². The molecule has 0 spiro atoms. The maximum atomic E-state index is 12.1. The van der Waals surface area contributed by atoms with Crippen LogP contribution in [0.3, 0.4) is 0 Å². The molecular weight excluding hydrogens is 438 g/mol. The molecular formula is C26H45NO3S2. The highest BCUT2D eigenvalue weighted by molar-refractivity contribution is 8.02. The van der Waals surface area contributed by atoms with Crippen molar-refractivity contribution in [3.8, 4) is 0 Å². The topological polar surface area (TPSA) is 54.5 Å². The monoisotopic (exact) mass is 483 g/mol. The summed E-state index contributed by atoms with van der Waals surface area (Å²) in [5.41, 5.74) is 0.750. The Balaban J connectivity index is 0.000000320. The lowest BCUT2D eigenvalue weighted by Gasteiger charge is -2.30. The van der Waals surface area contributed by atoms with E-state index in [0.717, 1.165) is 5.57 Å². The van der Waals surface area contributed by atoms with Crippen LogP contribution < -0.4 is 0 Å². The molecule has 6 heteroatoms. The van der Waals surface area contributed by atoms with Crippen LogP contribution in [-0.2, 0) is 14.4 Å². The van der Waals surface area contributed by atoms with Gasteiger partial charge in [-0.1, -0.05) is 74.5 Å². The van der Waals surface area contributed by atoms with Gasteiger partial charge in [-0.25, -0.2) is 0 Å². The molecule has 3 atom stereocenters. The van der Waals surface area contributed by atoms with Crippen LogP contribution >= 0.6 is 23.5 Å². The number of amides is 2. The van der Waals surface area contributed by atoms with Gasteiger partial charge in [-0.2, -0.15) is 0 Å². The maximum absolute atomic E-state index is 12.1. The molecule has 1 saturated heterocycles. The molecule has 1 heterocycles. The molecule has 1 saturated carbocycles. The Morgan fingerprint density at radius 2 is 1.19 bits per heavy atom. The lowest BCUT2D eigenvalue weighted by atomic mass is 9.77. The average Bonchev–Trinajstić information content (AvgIpc) is 2.91. The molecule has 0 N–H and O–H groups in total. The molecule has 2 aliphatic rings. The number of Topliss-reactive ketones (excluding diaryl/α,β-unsaturated/α-hetero) is 1. The molecule has 3 unspecified atom stereocenters. The predicted octanol–water partition coefficient (Wildman–Crippen LogP) is 6.52. The molecule has 184 valence electrons. The van der Waals surface area contributed by atoms with Crippen molar-refractivity contribution in [3.63, 3.8) is 0 Å². The van der Waals surface area contributed by atoms with Crippen LogP contribution in [0.4, 0.5) is 0 Å². The summed E-state index contributed by atoms with van der Waals surface area (Å²) in [7, 11) is 0. The van der Waals surface area contributed by atoms with Gasteiger partial charge in [0.2, 0.25) is 11.8 Å². The van der Waals surface area contributed by atoms with Gasteiger partial charge in [-0.05, 0) is 26.2 Å². The van der Waals surface area contributed by atoms with E-state index >= 15 is 0 Å². The molecule has 1 aliphatic heterocycles. The summed E-state index contributed by atoms with van der Waals surface area (Å²) in [5, 5.41) is 0.114. The summed E-state index contributed by atoms with van der Waals surface area (Å²) < 4.78 is 0.204. The first kappa shape index (κ1) is 29.3. The number of ketones is 1. The lowest BCUT2D eigenvalue weighted by Crippen LogP contribution is -2.46. The van der Waals surface area contributed by atoms with Crippen LogP contribution in [0.25, 0.3) is 0 Å². The number of nitrogens with zero attached hydrogens (tertiary/aromatic N) is 1. The predicted molar refractivity (Wildman–Crippen MR) is 140 cm³/mol. The fraction of sp³-hybridized carbons (Fsp3) is 0.808. The van der Waals surface area contributed by atoms with Crippen molar-refractivity contribution in [2.75, 3.05) is 0 Å². The Labute approximate surface area is 205 Å². The van der Waals surface area contributed by atoms with Gasteiger partial charge in [0.1, 0.15) is 5.78 Å². The van der Waals surface area contributed by atoms with Crippen molar-refractivity contribution in [2.45, 2.75) is 121 Å². The van der Waals surface area contributed by atoms with Crippen molar-refractivity contribution in [1.82, 2.24) is 4.90 Å². The molecule has 2 rings (SSSR count). The van der Waals surface area contributed by atoms with E-state index in [0.29, 0.717) is 23.9 Å². The molecule has 0 bridgehead atoms. The minimum Gasteiger partial charge on any atom is -0.299 e. The number of likely N-dealkylation sites (tertiary alicyclic amines) is 1. The number of carbonyl (C=O) groups excluding carboxylic acids is 3. The van der Waals surface area contributed by atoms with E-state index in [4.69, 9.17) is 0 Å². The molecule has 2 fully saturated rings. The van der Waals surface area contributed by atoms with Crippen molar-refractivity contribution >= 4 is 41.1 Å². The third-order valence-electron chi connectivity index (χ3n) is 5.13. The van der Waals surface area contributed by atoms with Gasteiger partial charge in [-0.3, -0.25) is 19.3 Å². The number of hydrogen-bond donors (Lipinski definition) is 0. The molecule has 4 nitrogen and oxygen atoms in total. The lowest BCUT2D eigenvalue weighted by molar-refractivity contribution is -0.143. The number of rotatable bonds is 2. The second-order valence-corrected chi connectivity index (χ2v) is 17.0. The summed E-state index contributed by atoms with van der Waals surface area (Å²) in [6.45, 7) is 29.0.